The van der Waals surface area contributed by atoms with E-state index in [-0.39, 0.29) is 22.4 Å². The topological polar surface area (TPSA) is 122 Å². The van der Waals surface area contributed by atoms with Crippen molar-refractivity contribution in [1.29, 1.82) is 5.26 Å². The first-order valence-corrected chi connectivity index (χ1v) is 8.71. The molecule has 0 bridgehead atoms. The molecule has 2 aromatic rings. The molecular weight excluding hydrogens is 405 g/mol. The lowest BCUT2D eigenvalue weighted by Gasteiger charge is -2.18. The van der Waals surface area contributed by atoms with E-state index in [2.05, 4.69) is 4.99 Å². The normalized spacial score (nSPS) is 12.7. The van der Waals surface area contributed by atoms with E-state index in [9.17, 15) is 38.4 Å². The first kappa shape index (κ1) is 22.6. The number of halogens is 3. The van der Waals surface area contributed by atoms with Crippen LogP contribution in [-0.4, -0.2) is 20.8 Å². The van der Waals surface area contributed by atoms with Gasteiger partial charge in [-0.15, -0.1) is 0 Å². The van der Waals surface area contributed by atoms with E-state index in [4.69, 9.17) is 0 Å². The van der Waals surface area contributed by atoms with Gasteiger partial charge < -0.3 is 5.11 Å². The molecule has 0 fully saturated rings. The molecule has 11 heteroatoms. The number of hydrogen-bond acceptors (Lipinski definition) is 6. The van der Waals surface area contributed by atoms with E-state index in [1.807, 2.05) is 0 Å². The minimum atomic E-state index is -4.77. The van der Waals surface area contributed by atoms with Crippen LogP contribution in [0.1, 0.15) is 48.6 Å². The van der Waals surface area contributed by atoms with Crippen molar-refractivity contribution < 1.29 is 23.2 Å². The minimum Gasteiger partial charge on any atom is -0.494 e. The molecule has 1 aromatic heterocycles. The van der Waals surface area contributed by atoms with Crippen LogP contribution in [0.15, 0.2) is 28.0 Å². The van der Waals surface area contributed by atoms with Crippen LogP contribution in [0.2, 0.25) is 0 Å². The number of aliphatic imine (C=N–C) groups is 1. The zero-order valence-electron chi connectivity index (χ0n) is 16.2. The van der Waals surface area contributed by atoms with Gasteiger partial charge in [0, 0.05) is 18.3 Å². The average Bonchev–Trinajstić information content (AvgIpc) is 2.67. The Labute approximate surface area is 168 Å². The Kier molecular flexibility index (Phi) is 6.30. The lowest BCUT2D eigenvalue weighted by Crippen LogP contribution is -2.27. The first-order valence-electron chi connectivity index (χ1n) is 8.71. The van der Waals surface area contributed by atoms with Crippen molar-refractivity contribution >= 4 is 17.6 Å². The van der Waals surface area contributed by atoms with Gasteiger partial charge in [0.1, 0.15) is 17.3 Å². The molecule has 0 spiro atoms. The standard InChI is InChI=1S/C19H17F3N4O4/c1-4-10(2)25-17(27)13(8-23)11(3)14(18(25)28)9-24-15-6-5-12(19(20,21)22)7-16(15)26(29)30/h5-7,9-10,28H,4H2,1-3H3. The number of nitriles is 1. The second-order valence-electron chi connectivity index (χ2n) is 6.50. The van der Waals surface area contributed by atoms with Crippen LogP contribution in [0.25, 0.3) is 0 Å². The summed E-state index contributed by atoms with van der Waals surface area (Å²) in [6.07, 6.45) is -3.32. The molecule has 8 nitrogen and oxygen atoms in total. The van der Waals surface area contributed by atoms with Crippen molar-refractivity contribution in [3.05, 3.63) is 60.9 Å². The molecule has 1 N–H and O–H groups in total. The molecule has 0 saturated heterocycles. The van der Waals surface area contributed by atoms with E-state index in [1.165, 1.54) is 6.92 Å². The summed E-state index contributed by atoms with van der Waals surface area (Å²) in [5, 5.41) is 31.1. The molecule has 158 valence electrons. The highest BCUT2D eigenvalue weighted by molar-refractivity contribution is 5.88. The van der Waals surface area contributed by atoms with E-state index >= 15 is 0 Å². The summed E-state index contributed by atoms with van der Waals surface area (Å²) >= 11 is 0. The summed E-state index contributed by atoms with van der Waals surface area (Å²) in [7, 11) is 0. The number of pyridine rings is 1. The van der Waals surface area contributed by atoms with Crippen LogP contribution in [0, 0.1) is 28.4 Å². The van der Waals surface area contributed by atoms with E-state index < -0.39 is 39.8 Å². The molecule has 0 aliphatic heterocycles. The van der Waals surface area contributed by atoms with Crippen LogP contribution in [0.3, 0.4) is 0 Å². The van der Waals surface area contributed by atoms with Crippen molar-refractivity contribution in [2.24, 2.45) is 4.99 Å². The summed E-state index contributed by atoms with van der Waals surface area (Å²) in [4.78, 5) is 26.5. The van der Waals surface area contributed by atoms with Crippen molar-refractivity contribution in [3.8, 4) is 11.9 Å². The summed E-state index contributed by atoms with van der Waals surface area (Å²) in [6.45, 7) is 4.81. The molecule has 30 heavy (non-hydrogen) atoms. The smallest absolute Gasteiger partial charge is 0.416 e. The van der Waals surface area contributed by atoms with Crippen molar-refractivity contribution in [2.75, 3.05) is 0 Å². The number of aromatic nitrogens is 1. The first-order chi connectivity index (χ1) is 13.9. The van der Waals surface area contributed by atoms with Gasteiger partial charge >= 0.3 is 6.18 Å². The molecule has 0 amide bonds. The third-order valence-electron chi connectivity index (χ3n) is 4.66. The van der Waals surface area contributed by atoms with Gasteiger partial charge in [0.05, 0.1) is 16.1 Å². The monoisotopic (exact) mass is 422 g/mol. The van der Waals surface area contributed by atoms with Gasteiger partial charge in [-0.1, -0.05) is 6.92 Å². The lowest BCUT2D eigenvalue weighted by atomic mass is 10.0. The lowest BCUT2D eigenvalue weighted by molar-refractivity contribution is -0.384. The molecule has 0 radical (unpaired) electrons. The predicted octanol–water partition coefficient (Wildman–Crippen LogP) is 4.38. The minimum absolute atomic E-state index is 0.0411. The van der Waals surface area contributed by atoms with Gasteiger partial charge in [-0.05, 0) is 38.0 Å². The fraction of sp³-hybridized carbons (Fsp3) is 0.316. The Balaban J connectivity index is 2.70. The molecule has 1 heterocycles. The Morgan fingerprint density at radius 2 is 2.07 bits per heavy atom. The zero-order valence-corrected chi connectivity index (χ0v) is 16.2. The predicted molar refractivity (Wildman–Crippen MR) is 102 cm³/mol. The Morgan fingerprint density at radius 1 is 1.43 bits per heavy atom. The highest BCUT2D eigenvalue weighted by atomic mass is 19.4. The van der Waals surface area contributed by atoms with Crippen LogP contribution in [0.5, 0.6) is 5.88 Å². The Bertz CT molecular complexity index is 1130. The van der Waals surface area contributed by atoms with E-state index in [0.717, 1.165) is 16.8 Å². The fourth-order valence-electron chi connectivity index (χ4n) is 2.78. The van der Waals surface area contributed by atoms with Gasteiger partial charge in [-0.3, -0.25) is 19.5 Å². The second-order valence-corrected chi connectivity index (χ2v) is 6.50. The van der Waals surface area contributed by atoms with Gasteiger partial charge in [0.25, 0.3) is 11.2 Å². The molecule has 1 unspecified atom stereocenters. The number of nitro benzene ring substituents is 1. The quantitative estimate of drug-likeness (QED) is 0.435. The Morgan fingerprint density at radius 3 is 2.57 bits per heavy atom. The highest BCUT2D eigenvalue weighted by Crippen LogP contribution is 2.36. The van der Waals surface area contributed by atoms with Crippen LogP contribution in [-0.2, 0) is 6.18 Å². The molecule has 1 aromatic carbocycles. The fourth-order valence-corrected chi connectivity index (χ4v) is 2.78. The third kappa shape index (κ3) is 4.17. The molecule has 0 aliphatic carbocycles. The van der Waals surface area contributed by atoms with Crippen molar-refractivity contribution in [3.63, 3.8) is 0 Å². The highest BCUT2D eigenvalue weighted by Gasteiger charge is 2.33. The van der Waals surface area contributed by atoms with Crippen molar-refractivity contribution in [1.82, 2.24) is 4.57 Å². The number of benzene rings is 1. The van der Waals surface area contributed by atoms with Gasteiger partial charge in [0.15, 0.2) is 0 Å². The maximum absolute atomic E-state index is 12.8. The Hall–Kier alpha value is -3.68. The number of hydrogen-bond donors (Lipinski definition) is 1. The zero-order chi connectivity index (χ0) is 22.8. The largest absolute Gasteiger partial charge is 0.494 e. The maximum atomic E-state index is 12.8. The van der Waals surface area contributed by atoms with Gasteiger partial charge in [-0.2, -0.15) is 18.4 Å². The summed E-state index contributed by atoms with van der Waals surface area (Å²) in [6, 6.07) is 3.14. The van der Waals surface area contributed by atoms with Crippen LogP contribution in [0.4, 0.5) is 24.5 Å². The number of nitrogens with zero attached hydrogens (tertiary/aromatic N) is 4. The number of nitro groups is 1. The molecule has 0 aliphatic rings. The average molecular weight is 422 g/mol. The van der Waals surface area contributed by atoms with Crippen LogP contribution < -0.4 is 5.56 Å². The summed E-state index contributed by atoms with van der Waals surface area (Å²) in [5.41, 5.74) is -3.35. The SMILES string of the molecule is CCC(C)n1c(O)c(C=Nc2ccc(C(F)(F)F)cc2[N+](=O)[O-])c(C)c(C#N)c1=O. The second kappa shape index (κ2) is 8.36. The summed E-state index contributed by atoms with van der Waals surface area (Å²) in [5.74, 6) is -0.496. The molecule has 1 atom stereocenters. The molecule has 2 rings (SSSR count). The van der Waals surface area contributed by atoms with E-state index in [1.54, 1.807) is 19.9 Å². The van der Waals surface area contributed by atoms with Gasteiger partial charge in [0.2, 0.25) is 5.88 Å². The van der Waals surface area contributed by atoms with E-state index in [0.29, 0.717) is 18.6 Å². The van der Waals surface area contributed by atoms with Crippen molar-refractivity contribution in [2.45, 2.75) is 39.4 Å². The molecule has 0 saturated carbocycles. The van der Waals surface area contributed by atoms with Crippen LogP contribution >= 0.6 is 0 Å². The number of rotatable bonds is 5. The molecular formula is C19H17F3N4O4. The number of aromatic hydroxyl groups is 1. The maximum Gasteiger partial charge on any atom is 0.416 e. The summed E-state index contributed by atoms with van der Waals surface area (Å²) < 4.78 is 39.5. The third-order valence-corrected chi connectivity index (χ3v) is 4.66. The number of alkyl halides is 3. The van der Waals surface area contributed by atoms with Gasteiger partial charge in [-0.25, -0.2) is 4.99 Å².